The lowest BCUT2D eigenvalue weighted by Gasteiger charge is -2.31. The van der Waals surface area contributed by atoms with E-state index in [1.54, 1.807) is 4.90 Å². The monoisotopic (exact) mass is 324 g/mol. The summed E-state index contributed by atoms with van der Waals surface area (Å²) in [4.78, 5) is 25.9. The summed E-state index contributed by atoms with van der Waals surface area (Å²) < 4.78 is 5.53. The van der Waals surface area contributed by atoms with Crippen molar-refractivity contribution < 1.29 is 14.3 Å². The molecule has 0 aliphatic carbocycles. The molecule has 0 unspecified atom stereocenters. The van der Waals surface area contributed by atoms with Gasteiger partial charge in [-0.2, -0.15) is 0 Å². The van der Waals surface area contributed by atoms with E-state index in [1.807, 2.05) is 43.3 Å². The molecule has 24 heavy (non-hydrogen) atoms. The smallest absolute Gasteiger partial charge is 0.255 e. The van der Waals surface area contributed by atoms with Crippen LogP contribution in [0.1, 0.15) is 5.56 Å². The summed E-state index contributed by atoms with van der Waals surface area (Å²) in [5.74, 6) is -0.428. The second-order valence-electron chi connectivity index (χ2n) is 5.87. The van der Waals surface area contributed by atoms with Crippen LogP contribution in [0.25, 0.3) is 10.8 Å². The van der Waals surface area contributed by atoms with Crippen molar-refractivity contribution in [2.75, 3.05) is 25.0 Å². The fourth-order valence-corrected chi connectivity index (χ4v) is 2.85. The zero-order valence-electron chi connectivity index (χ0n) is 13.6. The van der Waals surface area contributed by atoms with Crippen molar-refractivity contribution in [3.63, 3.8) is 0 Å². The van der Waals surface area contributed by atoms with E-state index in [2.05, 4.69) is 11.9 Å². The third kappa shape index (κ3) is 3.31. The molecule has 2 aromatic carbocycles. The summed E-state index contributed by atoms with van der Waals surface area (Å²) >= 11 is 0. The number of amides is 2. The zero-order chi connectivity index (χ0) is 17.1. The molecule has 0 bridgehead atoms. The summed E-state index contributed by atoms with van der Waals surface area (Å²) in [6.07, 6.45) is 0.580. The first kappa shape index (κ1) is 16.2. The Morgan fingerprint density at radius 1 is 1.33 bits per heavy atom. The maximum atomic E-state index is 12.6. The Morgan fingerprint density at radius 2 is 2.17 bits per heavy atom. The molecule has 1 saturated heterocycles. The largest absolute Gasteiger partial charge is 0.365 e. The molecular weight excluding hydrogens is 304 g/mol. The number of benzene rings is 2. The molecule has 1 heterocycles. The predicted molar refractivity (Wildman–Crippen MR) is 93.8 cm³/mol. The van der Waals surface area contributed by atoms with Crippen LogP contribution in [0, 0.1) is 6.92 Å². The highest BCUT2D eigenvalue weighted by Crippen LogP contribution is 2.25. The highest BCUT2D eigenvalue weighted by molar-refractivity contribution is 6.04. The summed E-state index contributed by atoms with van der Waals surface area (Å²) in [6.45, 7) is 6.55. The molecule has 0 saturated carbocycles. The van der Waals surface area contributed by atoms with E-state index in [1.165, 1.54) is 6.08 Å². The van der Waals surface area contributed by atoms with Crippen molar-refractivity contribution in [2.24, 2.45) is 0 Å². The normalized spacial score (nSPS) is 17.5. The standard InChI is InChI=1S/C19H20N2O3/c1-3-18(22)21-9-10-24-17(12-21)19(23)20-16-6-4-5-14-8-7-13(2)11-15(14)16/h3-8,11,17H,1,9-10,12H2,2H3,(H,20,23)/t17-/m0/s1. The fraction of sp³-hybridized carbons (Fsp3) is 0.263. The van der Waals surface area contributed by atoms with E-state index in [4.69, 9.17) is 4.74 Å². The molecule has 2 aromatic rings. The average molecular weight is 324 g/mol. The number of aryl methyl sites for hydroxylation is 1. The van der Waals surface area contributed by atoms with Crippen molar-refractivity contribution >= 4 is 28.3 Å². The number of carbonyl (C=O) groups is 2. The van der Waals surface area contributed by atoms with Gasteiger partial charge >= 0.3 is 0 Å². The van der Waals surface area contributed by atoms with Crippen LogP contribution in [0.15, 0.2) is 49.1 Å². The van der Waals surface area contributed by atoms with Crippen LogP contribution in [-0.4, -0.2) is 42.5 Å². The molecule has 1 fully saturated rings. The van der Waals surface area contributed by atoms with Gasteiger partial charge in [0.15, 0.2) is 6.10 Å². The summed E-state index contributed by atoms with van der Waals surface area (Å²) in [5, 5.41) is 4.98. The molecule has 0 aromatic heterocycles. The van der Waals surface area contributed by atoms with Crippen molar-refractivity contribution in [3.8, 4) is 0 Å². The average Bonchev–Trinajstić information content (AvgIpc) is 2.61. The van der Waals surface area contributed by atoms with E-state index in [0.29, 0.717) is 13.2 Å². The number of carbonyl (C=O) groups excluding carboxylic acids is 2. The van der Waals surface area contributed by atoms with Gasteiger partial charge in [0.2, 0.25) is 5.91 Å². The molecule has 1 aliphatic heterocycles. The minimum atomic E-state index is -0.678. The number of ether oxygens (including phenoxy) is 1. The lowest BCUT2D eigenvalue weighted by Crippen LogP contribution is -2.49. The quantitative estimate of drug-likeness (QED) is 0.883. The first-order valence-electron chi connectivity index (χ1n) is 7.91. The van der Waals surface area contributed by atoms with Gasteiger partial charge in [-0.15, -0.1) is 0 Å². The van der Waals surface area contributed by atoms with Crippen molar-refractivity contribution in [2.45, 2.75) is 13.0 Å². The molecule has 1 atom stereocenters. The molecule has 5 nitrogen and oxygen atoms in total. The molecule has 0 spiro atoms. The summed E-state index contributed by atoms with van der Waals surface area (Å²) in [6, 6.07) is 11.9. The van der Waals surface area contributed by atoms with Gasteiger partial charge in [-0.1, -0.05) is 36.4 Å². The molecule has 2 amide bonds. The second-order valence-corrected chi connectivity index (χ2v) is 5.87. The minimum absolute atomic E-state index is 0.183. The number of nitrogens with one attached hydrogen (secondary N) is 1. The first-order chi connectivity index (χ1) is 11.6. The Hall–Kier alpha value is -2.66. The third-order valence-corrected chi connectivity index (χ3v) is 4.14. The van der Waals surface area contributed by atoms with Crippen LogP contribution in [0.4, 0.5) is 5.69 Å². The van der Waals surface area contributed by atoms with Gasteiger partial charge in [0.1, 0.15) is 0 Å². The molecule has 5 heteroatoms. The highest BCUT2D eigenvalue weighted by Gasteiger charge is 2.28. The molecule has 124 valence electrons. The Kier molecular flexibility index (Phi) is 4.62. The van der Waals surface area contributed by atoms with Crippen LogP contribution < -0.4 is 5.32 Å². The first-order valence-corrected chi connectivity index (χ1v) is 7.91. The summed E-state index contributed by atoms with van der Waals surface area (Å²) in [5.41, 5.74) is 1.87. The van der Waals surface area contributed by atoms with Crippen molar-refractivity contribution in [3.05, 3.63) is 54.6 Å². The van der Waals surface area contributed by atoms with E-state index in [0.717, 1.165) is 22.0 Å². The van der Waals surface area contributed by atoms with Crippen molar-refractivity contribution in [1.29, 1.82) is 0 Å². The van der Waals surface area contributed by atoms with Crippen LogP contribution in [0.5, 0.6) is 0 Å². The molecular formula is C19H20N2O3. The number of hydrogen-bond donors (Lipinski definition) is 1. The van der Waals surface area contributed by atoms with E-state index in [9.17, 15) is 9.59 Å². The molecule has 1 N–H and O–H groups in total. The number of fused-ring (bicyclic) bond motifs is 1. The number of nitrogens with zero attached hydrogens (tertiary/aromatic N) is 1. The molecule has 3 rings (SSSR count). The van der Waals surface area contributed by atoms with Gasteiger partial charge in [-0.05, 0) is 30.5 Å². The lowest BCUT2D eigenvalue weighted by molar-refractivity contribution is -0.141. The Labute approximate surface area is 140 Å². The minimum Gasteiger partial charge on any atom is -0.365 e. The van der Waals surface area contributed by atoms with E-state index >= 15 is 0 Å². The van der Waals surface area contributed by atoms with Gasteiger partial charge in [0.25, 0.3) is 5.91 Å². The van der Waals surface area contributed by atoms with Gasteiger partial charge in [-0.3, -0.25) is 9.59 Å². The van der Waals surface area contributed by atoms with Gasteiger partial charge in [0.05, 0.1) is 13.2 Å². The zero-order valence-corrected chi connectivity index (χ0v) is 13.6. The predicted octanol–water partition coefficient (Wildman–Crippen LogP) is 2.50. The summed E-state index contributed by atoms with van der Waals surface area (Å²) in [7, 11) is 0. The number of morpholine rings is 1. The van der Waals surface area contributed by atoms with Crippen LogP contribution in [0.2, 0.25) is 0 Å². The van der Waals surface area contributed by atoms with Crippen LogP contribution >= 0.6 is 0 Å². The fourth-order valence-electron chi connectivity index (χ4n) is 2.85. The Balaban J connectivity index is 1.78. The van der Waals surface area contributed by atoms with Gasteiger partial charge < -0.3 is 15.0 Å². The van der Waals surface area contributed by atoms with E-state index in [-0.39, 0.29) is 18.4 Å². The second kappa shape index (κ2) is 6.84. The van der Waals surface area contributed by atoms with Gasteiger partial charge in [0, 0.05) is 17.6 Å². The number of rotatable bonds is 3. The Bertz CT molecular complexity index is 800. The lowest BCUT2D eigenvalue weighted by atomic mass is 10.1. The molecule has 1 aliphatic rings. The number of anilines is 1. The van der Waals surface area contributed by atoms with E-state index < -0.39 is 6.10 Å². The van der Waals surface area contributed by atoms with Crippen LogP contribution in [0.3, 0.4) is 0 Å². The van der Waals surface area contributed by atoms with Crippen molar-refractivity contribution in [1.82, 2.24) is 4.90 Å². The Morgan fingerprint density at radius 3 is 2.96 bits per heavy atom. The maximum Gasteiger partial charge on any atom is 0.255 e. The maximum absolute atomic E-state index is 12.6. The topological polar surface area (TPSA) is 58.6 Å². The SMILES string of the molecule is C=CC(=O)N1CCO[C@H](C(=O)Nc2cccc3ccc(C)cc23)C1. The molecule has 0 radical (unpaired) electrons. The third-order valence-electron chi connectivity index (χ3n) is 4.14. The number of hydrogen-bond acceptors (Lipinski definition) is 3. The highest BCUT2D eigenvalue weighted by atomic mass is 16.5. The van der Waals surface area contributed by atoms with Crippen LogP contribution in [-0.2, 0) is 14.3 Å². The van der Waals surface area contributed by atoms with Gasteiger partial charge in [-0.25, -0.2) is 0 Å².